The van der Waals surface area contributed by atoms with Gasteiger partial charge in [0.2, 0.25) is 5.91 Å². The van der Waals surface area contributed by atoms with Gasteiger partial charge in [0, 0.05) is 21.7 Å². The summed E-state index contributed by atoms with van der Waals surface area (Å²) in [5.41, 5.74) is 1.39. The summed E-state index contributed by atoms with van der Waals surface area (Å²) in [5, 5.41) is 9.29. The number of fused-ring (bicyclic) bond motifs is 3. The monoisotopic (exact) mass is 397 g/mol. The van der Waals surface area contributed by atoms with E-state index in [4.69, 9.17) is 11.6 Å². The van der Waals surface area contributed by atoms with Gasteiger partial charge < -0.3 is 5.32 Å². The highest BCUT2D eigenvalue weighted by Gasteiger charge is 2.15. The van der Waals surface area contributed by atoms with Crippen molar-refractivity contribution < 1.29 is 4.79 Å². The Kier molecular flexibility index (Phi) is 4.68. The second-order valence-electron chi connectivity index (χ2n) is 6.26. The van der Waals surface area contributed by atoms with Crippen LogP contribution < -0.4 is 10.9 Å². The van der Waals surface area contributed by atoms with Crippen LogP contribution in [-0.4, -0.2) is 15.7 Å². The van der Waals surface area contributed by atoms with E-state index in [9.17, 15) is 9.59 Å². The van der Waals surface area contributed by atoms with Crippen molar-refractivity contribution in [2.45, 2.75) is 20.0 Å². The summed E-state index contributed by atoms with van der Waals surface area (Å²) >= 11 is 7.50. The lowest BCUT2D eigenvalue weighted by Crippen LogP contribution is -2.33. The van der Waals surface area contributed by atoms with Crippen LogP contribution in [0.2, 0.25) is 5.02 Å². The maximum Gasteiger partial charge on any atom is 0.276 e. The number of aryl methyl sites for hydroxylation is 1. The Labute approximate surface area is 164 Å². The Morgan fingerprint density at radius 2 is 2.04 bits per heavy atom. The number of carbonyl (C=O) groups is 1. The molecule has 0 spiro atoms. The van der Waals surface area contributed by atoms with Crippen molar-refractivity contribution in [3.63, 3.8) is 0 Å². The molecule has 2 aromatic carbocycles. The average molecular weight is 398 g/mol. The lowest BCUT2D eigenvalue weighted by atomic mass is 10.2. The second kappa shape index (κ2) is 7.13. The van der Waals surface area contributed by atoms with Gasteiger partial charge in [-0.05, 0) is 30.7 Å². The zero-order valence-corrected chi connectivity index (χ0v) is 16.1. The molecule has 136 valence electrons. The van der Waals surface area contributed by atoms with Crippen LogP contribution in [0.15, 0.2) is 53.3 Å². The van der Waals surface area contributed by atoms with Gasteiger partial charge in [-0.3, -0.25) is 9.59 Å². The van der Waals surface area contributed by atoms with Crippen LogP contribution in [0.4, 0.5) is 0 Å². The largest absolute Gasteiger partial charge is 0.350 e. The van der Waals surface area contributed by atoms with Crippen LogP contribution in [0, 0.1) is 6.92 Å². The number of benzene rings is 2. The molecule has 0 aliphatic carbocycles. The fourth-order valence-electron chi connectivity index (χ4n) is 3.06. The van der Waals surface area contributed by atoms with Crippen molar-refractivity contribution in [3.8, 4) is 0 Å². The Hall–Kier alpha value is -2.70. The van der Waals surface area contributed by atoms with E-state index in [0.717, 1.165) is 26.0 Å². The number of nitrogens with zero attached hydrogens (tertiary/aromatic N) is 2. The quantitative estimate of drug-likeness (QED) is 0.568. The Bertz CT molecular complexity index is 1230. The van der Waals surface area contributed by atoms with Gasteiger partial charge in [-0.2, -0.15) is 5.10 Å². The van der Waals surface area contributed by atoms with Crippen LogP contribution in [0.3, 0.4) is 0 Å². The maximum absolute atomic E-state index is 12.9. The Morgan fingerprint density at radius 3 is 2.85 bits per heavy atom. The third-order valence-electron chi connectivity index (χ3n) is 4.32. The molecule has 1 amide bonds. The summed E-state index contributed by atoms with van der Waals surface area (Å²) in [5.74, 6) is -0.275. The smallest absolute Gasteiger partial charge is 0.276 e. The molecule has 0 radical (unpaired) electrons. The summed E-state index contributed by atoms with van der Waals surface area (Å²) in [7, 11) is 0. The zero-order chi connectivity index (χ0) is 19.0. The summed E-state index contributed by atoms with van der Waals surface area (Å²) < 4.78 is 3.15. The summed E-state index contributed by atoms with van der Waals surface area (Å²) in [4.78, 5) is 25.3. The van der Waals surface area contributed by atoms with E-state index in [1.165, 1.54) is 4.68 Å². The van der Waals surface area contributed by atoms with E-state index in [1.807, 2.05) is 43.3 Å². The minimum atomic E-state index is -0.275. The molecule has 4 aromatic rings. The van der Waals surface area contributed by atoms with Crippen LogP contribution in [-0.2, 0) is 17.9 Å². The van der Waals surface area contributed by atoms with Gasteiger partial charge in [0.1, 0.15) is 6.54 Å². The predicted molar refractivity (Wildman–Crippen MR) is 109 cm³/mol. The minimum Gasteiger partial charge on any atom is -0.350 e. The van der Waals surface area contributed by atoms with Gasteiger partial charge in [-0.1, -0.05) is 41.9 Å². The number of aromatic nitrogens is 2. The molecular formula is C20H16ClN3O2S. The molecule has 2 aromatic heterocycles. The highest BCUT2D eigenvalue weighted by molar-refractivity contribution is 7.26. The molecule has 5 nitrogen and oxygen atoms in total. The Balaban J connectivity index is 1.62. The standard InChI is InChI=1S/C20H16ClN3O2S/c1-12-19-18(15-7-2-3-8-16(15)27-19)20(26)24(23-12)11-17(25)22-10-13-5-4-6-14(21)9-13/h2-9H,10-11H2,1H3,(H,22,25). The number of halogens is 1. The molecular weight excluding hydrogens is 382 g/mol. The van der Waals surface area contributed by atoms with Crippen molar-refractivity contribution in [1.29, 1.82) is 0 Å². The van der Waals surface area contributed by atoms with E-state index in [0.29, 0.717) is 17.0 Å². The van der Waals surface area contributed by atoms with Gasteiger partial charge in [0.15, 0.2) is 0 Å². The third-order valence-corrected chi connectivity index (χ3v) is 5.83. The number of hydrogen-bond donors (Lipinski definition) is 1. The van der Waals surface area contributed by atoms with Gasteiger partial charge in [0.25, 0.3) is 5.56 Å². The first-order valence-corrected chi connectivity index (χ1v) is 9.62. The van der Waals surface area contributed by atoms with Crippen molar-refractivity contribution in [3.05, 3.63) is 75.2 Å². The zero-order valence-electron chi connectivity index (χ0n) is 14.5. The fourth-order valence-corrected chi connectivity index (χ4v) is 4.41. The normalized spacial score (nSPS) is 11.2. The van der Waals surface area contributed by atoms with Gasteiger partial charge in [-0.25, -0.2) is 4.68 Å². The lowest BCUT2D eigenvalue weighted by molar-refractivity contribution is -0.122. The highest BCUT2D eigenvalue weighted by Crippen LogP contribution is 2.32. The third kappa shape index (κ3) is 3.46. The molecule has 0 bridgehead atoms. The first-order valence-electron chi connectivity index (χ1n) is 8.43. The number of carbonyl (C=O) groups excluding carboxylic acids is 1. The number of nitrogens with one attached hydrogen (secondary N) is 1. The van der Waals surface area contributed by atoms with Gasteiger partial charge >= 0.3 is 0 Å². The first kappa shape index (κ1) is 17.7. The molecule has 0 atom stereocenters. The van der Waals surface area contributed by atoms with Crippen LogP contribution in [0.5, 0.6) is 0 Å². The molecule has 4 rings (SSSR count). The Morgan fingerprint density at radius 1 is 1.22 bits per heavy atom. The van der Waals surface area contributed by atoms with Gasteiger partial charge in [-0.15, -0.1) is 11.3 Å². The molecule has 0 saturated heterocycles. The molecule has 0 fully saturated rings. The van der Waals surface area contributed by atoms with Crippen LogP contribution >= 0.6 is 22.9 Å². The number of hydrogen-bond acceptors (Lipinski definition) is 4. The van der Waals surface area contributed by atoms with Crippen LogP contribution in [0.25, 0.3) is 20.2 Å². The van der Waals surface area contributed by atoms with E-state index < -0.39 is 0 Å². The summed E-state index contributed by atoms with van der Waals surface area (Å²) in [6, 6.07) is 15.0. The van der Waals surface area contributed by atoms with E-state index in [1.54, 1.807) is 23.5 Å². The summed E-state index contributed by atoms with van der Waals surface area (Å²) in [6.45, 7) is 2.08. The molecule has 7 heteroatoms. The van der Waals surface area contributed by atoms with E-state index >= 15 is 0 Å². The number of thiophene rings is 1. The molecule has 0 unspecified atom stereocenters. The SMILES string of the molecule is Cc1nn(CC(=O)NCc2cccc(Cl)c2)c(=O)c2c1sc1ccccc12. The van der Waals surface area contributed by atoms with Crippen molar-refractivity contribution in [2.24, 2.45) is 0 Å². The molecule has 27 heavy (non-hydrogen) atoms. The van der Waals surface area contributed by atoms with E-state index in [-0.39, 0.29) is 18.0 Å². The molecule has 0 aliphatic heterocycles. The molecule has 0 saturated carbocycles. The molecule has 2 heterocycles. The molecule has 0 aliphatic rings. The average Bonchev–Trinajstić information content (AvgIpc) is 3.05. The van der Waals surface area contributed by atoms with Gasteiger partial charge in [0.05, 0.1) is 15.8 Å². The van der Waals surface area contributed by atoms with Crippen molar-refractivity contribution >= 4 is 49.0 Å². The fraction of sp³-hybridized carbons (Fsp3) is 0.150. The van der Waals surface area contributed by atoms with Crippen molar-refractivity contribution in [2.75, 3.05) is 0 Å². The summed E-state index contributed by atoms with van der Waals surface area (Å²) in [6.07, 6.45) is 0. The number of amides is 1. The van der Waals surface area contributed by atoms with E-state index in [2.05, 4.69) is 10.4 Å². The van der Waals surface area contributed by atoms with Crippen molar-refractivity contribution in [1.82, 2.24) is 15.1 Å². The second-order valence-corrected chi connectivity index (χ2v) is 7.75. The predicted octanol–water partition coefficient (Wildman–Crippen LogP) is 3.89. The van der Waals surface area contributed by atoms with Crippen LogP contribution in [0.1, 0.15) is 11.3 Å². The molecule has 1 N–H and O–H groups in total. The highest BCUT2D eigenvalue weighted by atomic mass is 35.5. The number of rotatable bonds is 4. The maximum atomic E-state index is 12.9. The first-order chi connectivity index (χ1) is 13.0. The minimum absolute atomic E-state index is 0.125. The lowest BCUT2D eigenvalue weighted by Gasteiger charge is -2.08. The topological polar surface area (TPSA) is 64.0 Å².